The number of benzene rings is 1. The number of ether oxygens (including phenoxy) is 1. The topological polar surface area (TPSA) is 38.3 Å². The van der Waals surface area contributed by atoms with E-state index in [1.807, 2.05) is 35.7 Å². The van der Waals surface area contributed by atoms with Crippen LogP contribution in [0.4, 0.5) is 0 Å². The Labute approximate surface area is 134 Å². The molecule has 0 spiro atoms. The van der Waals surface area contributed by atoms with Crippen molar-refractivity contribution in [2.75, 3.05) is 24.7 Å². The van der Waals surface area contributed by atoms with Gasteiger partial charge in [-0.05, 0) is 48.5 Å². The zero-order valence-corrected chi connectivity index (χ0v) is 13.7. The Bertz CT molecular complexity index is 466. The molecular formula is C16H21NO2S2. The van der Waals surface area contributed by atoms with Crippen LogP contribution >= 0.6 is 23.5 Å². The lowest BCUT2D eigenvalue weighted by Gasteiger charge is -2.21. The van der Waals surface area contributed by atoms with Gasteiger partial charge in [0.05, 0.1) is 10.7 Å². The molecule has 3 rings (SSSR count). The van der Waals surface area contributed by atoms with E-state index in [9.17, 15) is 4.79 Å². The number of nitrogens with one attached hydrogen (secondary N) is 1. The predicted octanol–water partition coefficient (Wildman–Crippen LogP) is 3.46. The molecule has 0 unspecified atom stereocenters. The molecule has 1 atom stereocenters. The molecule has 1 aromatic carbocycles. The average molecular weight is 323 g/mol. The highest BCUT2D eigenvalue weighted by molar-refractivity contribution is 8.16. The number of rotatable bonds is 4. The summed E-state index contributed by atoms with van der Waals surface area (Å²) in [7, 11) is 0. The first kappa shape index (κ1) is 15.3. The SMILES string of the molecule is O=C(NC[C@@H]1CCCO1)c1ccc(C2SCCCS2)cc1. The van der Waals surface area contributed by atoms with Crippen molar-refractivity contribution in [3.63, 3.8) is 0 Å². The highest BCUT2D eigenvalue weighted by Crippen LogP contribution is 2.43. The van der Waals surface area contributed by atoms with Crippen molar-refractivity contribution in [3.05, 3.63) is 35.4 Å². The summed E-state index contributed by atoms with van der Waals surface area (Å²) >= 11 is 4.01. The van der Waals surface area contributed by atoms with E-state index in [1.165, 1.54) is 23.5 Å². The van der Waals surface area contributed by atoms with E-state index in [-0.39, 0.29) is 12.0 Å². The maximum absolute atomic E-state index is 12.1. The molecular weight excluding hydrogens is 302 g/mol. The van der Waals surface area contributed by atoms with Gasteiger partial charge in [0.1, 0.15) is 0 Å². The van der Waals surface area contributed by atoms with Crippen LogP contribution in [0.5, 0.6) is 0 Å². The second kappa shape index (κ2) is 7.56. The first-order valence-electron chi connectivity index (χ1n) is 7.56. The summed E-state index contributed by atoms with van der Waals surface area (Å²) < 4.78 is 6.05. The molecule has 3 nitrogen and oxygen atoms in total. The second-order valence-electron chi connectivity index (χ2n) is 5.39. The molecule has 2 saturated heterocycles. The number of carbonyl (C=O) groups excluding carboxylic acids is 1. The van der Waals surface area contributed by atoms with Crippen molar-refractivity contribution >= 4 is 29.4 Å². The van der Waals surface area contributed by atoms with Crippen LogP contribution in [-0.2, 0) is 4.74 Å². The molecule has 21 heavy (non-hydrogen) atoms. The van der Waals surface area contributed by atoms with Gasteiger partial charge in [-0.2, -0.15) is 0 Å². The smallest absolute Gasteiger partial charge is 0.251 e. The van der Waals surface area contributed by atoms with Crippen LogP contribution in [-0.4, -0.2) is 36.7 Å². The molecule has 2 aliphatic heterocycles. The normalized spacial score (nSPS) is 23.1. The van der Waals surface area contributed by atoms with Crippen LogP contribution in [0.15, 0.2) is 24.3 Å². The summed E-state index contributed by atoms with van der Waals surface area (Å²) in [6.45, 7) is 1.45. The van der Waals surface area contributed by atoms with Crippen LogP contribution in [0.2, 0.25) is 0 Å². The summed E-state index contributed by atoms with van der Waals surface area (Å²) in [6.07, 6.45) is 3.65. The van der Waals surface area contributed by atoms with Crippen molar-refractivity contribution in [3.8, 4) is 0 Å². The Kier molecular flexibility index (Phi) is 5.49. The maximum Gasteiger partial charge on any atom is 0.251 e. The third kappa shape index (κ3) is 4.18. The predicted molar refractivity (Wildman–Crippen MR) is 90.0 cm³/mol. The second-order valence-corrected chi connectivity index (χ2v) is 8.12. The van der Waals surface area contributed by atoms with Crippen LogP contribution < -0.4 is 5.32 Å². The summed E-state index contributed by atoms with van der Waals surface area (Å²) in [4.78, 5) is 12.1. The van der Waals surface area contributed by atoms with E-state index in [4.69, 9.17) is 4.74 Å². The van der Waals surface area contributed by atoms with Crippen molar-refractivity contribution < 1.29 is 9.53 Å². The first-order valence-corrected chi connectivity index (χ1v) is 9.65. The molecule has 1 N–H and O–H groups in total. The van der Waals surface area contributed by atoms with Gasteiger partial charge >= 0.3 is 0 Å². The monoisotopic (exact) mass is 323 g/mol. The highest BCUT2D eigenvalue weighted by Gasteiger charge is 2.18. The fourth-order valence-corrected chi connectivity index (χ4v) is 5.48. The van der Waals surface area contributed by atoms with E-state index in [0.29, 0.717) is 11.1 Å². The average Bonchev–Trinajstić information content (AvgIpc) is 3.07. The summed E-state index contributed by atoms with van der Waals surface area (Å²) in [6, 6.07) is 8.07. The zero-order valence-electron chi connectivity index (χ0n) is 12.0. The van der Waals surface area contributed by atoms with Crippen molar-refractivity contribution in [2.24, 2.45) is 0 Å². The van der Waals surface area contributed by atoms with E-state index >= 15 is 0 Å². The summed E-state index contributed by atoms with van der Waals surface area (Å²) in [5.41, 5.74) is 2.06. The Morgan fingerprint density at radius 1 is 1.19 bits per heavy atom. The van der Waals surface area contributed by atoms with Crippen molar-refractivity contribution in [1.29, 1.82) is 0 Å². The molecule has 114 valence electrons. The van der Waals surface area contributed by atoms with Gasteiger partial charge in [-0.1, -0.05) is 12.1 Å². The molecule has 0 radical (unpaired) electrons. The van der Waals surface area contributed by atoms with E-state index in [2.05, 4.69) is 17.4 Å². The van der Waals surface area contributed by atoms with Crippen molar-refractivity contribution in [2.45, 2.75) is 29.9 Å². The molecule has 0 aliphatic carbocycles. The lowest BCUT2D eigenvalue weighted by atomic mass is 10.1. The van der Waals surface area contributed by atoms with Gasteiger partial charge in [0.15, 0.2) is 0 Å². The fourth-order valence-electron chi connectivity index (χ4n) is 2.59. The zero-order chi connectivity index (χ0) is 14.5. The molecule has 0 saturated carbocycles. The van der Waals surface area contributed by atoms with Crippen LogP contribution in [0.3, 0.4) is 0 Å². The fraction of sp³-hybridized carbons (Fsp3) is 0.562. The largest absolute Gasteiger partial charge is 0.376 e. The molecule has 1 aromatic rings. The molecule has 2 fully saturated rings. The molecule has 2 heterocycles. The summed E-state index contributed by atoms with van der Waals surface area (Å²) in [5.74, 6) is 2.48. The maximum atomic E-state index is 12.1. The van der Waals surface area contributed by atoms with Gasteiger partial charge in [-0.15, -0.1) is 23.5 Å². The van der Waals surface area contributed by atoms with Crippen LogP contribution in [0.1, 0.15) is 39.8 Å². The number of amides is 1. The third-order valence-corrected chi connectivity index (χ3v) is 6.80. The number of carbonyl (C=O) groups is 1. The van der Waals surface area contributed by atoms with Gasteiger partial charge in [0.2, 0.25) is 0 Å². The molecule has 2 aliphatic rings. The Balaban J connectivity index is 1.54. The number of hydrogen-bond acceptors (Lipinski definition) is 4. The number of thioether (sulfide) groups is 2. The molecule has 0 aromatic heterocycles. The van der Waals surface area contributed by atoms with Crippen LogP contribution in [0.25, 0.3) is 0 Å². The Hall–Kier alpha value is -0.650. The van der Waals surface area contributed by atoms with Crippen LogP contribution in [0, 0.1) is 0 Å². The van der Waals surface area contributed by atoms with Gasteiger partial charge < -0.3 is 10.1 Å². The van der Waals surface area contributed by atoms with Gasteiger partial charge in [-0.3, -0.25) is 4.79 Å². The minimum absolute atomic E-state index is 0.000926. The summed E-state index contributed by atoms with van der Waals surface area (Å²) in [5, 5.41) is 2.97. The van der Waals surface area contributed by atoms with E-state index in [1.54, 1.807) is 0 Å². The molecule has 5 heteroatoms. The minimum atomic E-state index is 0.000926. The highest BCUT2D eigenvalue weighted by atomic mass is 32.2. The van der Waals surface area contributed by atoms with Crippen molar-refractivity contribution in [1.82, 2.24) is 5.32 Å². The standard InChI is InChI=1S/C16H21NO2S2/c18-15(17-11-14-3-1-8-19-14)12-4-6-13(7-5-12)16-20-9-2-10-21-16/h4-7,14,16H,1-3,8-11H2,(H,17,18)/t14-/m0/s1. The van der Waals surface area contributed by atoms with E-state index < -0.39 is 0 Å². The van der Waals surface area contributed by atoms with Gasteiger partial charge in [-0.25, -0.2) is 0 Å². The molecule has 0 bridgehead atoms. The quantitative estimate of drug-likeness (QED) is 0.921. The number of hydrogen-bond donors (Lipinski definition) is 1. The first-order chi connectivity index (χ1) is 10.3. The lowest BCUT2D eigenvalue weighted by molar-refractivity contribution is 0.0858. The lowest BCUT2D eigenvalue weighted by Crippen LogP contribution is -2.31. The Morgan fingerprint density at radius 3 is 2.62 bits per heavy atom. The Morgan fingerprint density at radius 2 is 1.95 bits per heavy atom. The molecule has 1 amide bonds. The minimum Gasteiger partial charge on any atom is -0.376 e. The van der Waals surface area contributed by atoms with E-state index in [0.717, 1.165) is 25.0 Å². The third-order valence-electron chi connectivity index (χ3n) is 3.79. The van der Waals surface area contributed by atoms with Gasteiger partial charge in [0, 0.05) is 18.7 Å². The van der Waals surface area contributed by atoms with Gasteiger partial charge in [0.25, 0.3) is 5.91 Å².